The lowest BCUT2D eigenvalue weighted by molar-refractivity contribution is 0.331. The maximum Gasteiger partial charge on any atom is 0.237 e. The Morgan fingerprint density at radius 2 is 1.59 bits per heavy atom. The van der Waals surface area contributed by atoms with E-state index in [1.807, 2.05) is 43.3 Å². The number of aryl methyl sites for hydroxylation is 1. The van der Waals surface area contributed by atoms with Crippen LogP contribution in [0, 0.1) is 6.92 Å². The van der Waals surface area contributed by atoms with E-state index in [0.29, 0.717) is 23.5 Å². The van der Waals surface area contributed by atoms with Crippen molar-refractivity contribution in [3.63, 3.8) is 0 Å². The third kappa shape index (κ3) is 4.48. The predicted octanol–water partition coefficient (Wildman–Crippen LogP) is 5.95. The lowest BCUT2D eigenvalue weighted by atomic mass is 9.91. The zero-order chi connectivity index (χ0) is 21.8. The van der Waals surface area contributed by atoms with Gasteiger partial charge in [-0.1, -0.05) is 96.8 Å². The van der Waals surface area contributed by atoms with Crippen molar-refractivity contribution in [3.8, 4) is 0 Å². The summed E-state index contributed by atoms with van der Waals surface area (Å²) in [5.41, 5.74) is 2.29. The fourth-order valence-electron chi connectivity index (χ4n) is 4.56. The van der Waals surface area contributed by atoms with E-state index >= 15 is 0 Å². The van der Waals surface area contributed by atoms with Crippen LogP contribution in [0.2, 0.25) is 0 Å². The first kappa shape index (κ1) is 20.9. The first-order valence-corrected chi connectivity index (χ1v) is 12.2. The average molecular weight is 446 g/mol. The summed E-state index contributed by atoms with van der Waals surface area (Å²) in [4.78, 5) is 4.77. The SMILES string of the molecule is Cc1nnc(SCc2nc(C(c3ccccc3)c3ccccc3)no2)n1C1CCCCC1. The molecule has 2 aromatic heterocycles. The standard InChI is InChI=1S/C25H27N5OS/c1-18-27-28-25(30(18)21-15-9-4-10-16-21)32-17-22-26-24(29-31-22)23(19-11-5-2-6-12-19)20-13-7-3-8-14-20/h2-3,5-8,11-14,21,23H,4,9-10,15-17H2,1H3. The van der Waals surface area contributed by atoms with Gasteiger partial charge >= 0.3 is 0 Å². The topological polar surface area (TPSA) is 69.6 Å². The van der Waals surface area contributed by atoms with E-state index in [4.69, 9.17) is 9.51 Å². The Morgan fingerprint density at radius 1 is 0.938 bits per heavy atom. The summed E-state index contributed by atoms with van der Waals surface area (Å²) in [6.07, 6.45) is 6.29. The lowest BCUT2D eigenvalue weighted by Gasteiger charge is -2.24. The molecule has 0 bridgehead atoms. The van der Waals surface area contributed by atoms with Crippen LogP contribution in [0.25, 0.3) is 0 Å². The van der Waals surface area contributed by atoms with Crippen molar-refractivity contribution >= 4 is 11.8 Å². The molecular formula is C25H27N5OS. The largest absolute Gasteiger partial charge is 0.338 e. The summed E-state index contributed by atoms with van der Waals surface area (Å²) in [6, 6.07) is 21.2. The van der Waals surface area contributed by atoms with Crippen molar-refractivity contribution in [3.05, 3.63) is 89.3 Å². The first-order valence-electron chi connectivity index (χ1n) is 11.3. The highest BCUT2D eigenvalue weighted by molar-refractivity contribution is 7.98. The number of rotatable bonds is 7. The minimum absolute atomic E-state index is 0.0620. The molecule has 164 valence electrons. The van der Waals surface area contributed by atoms with E-state index in [0.717, 1.165) is 22.1 Å². The van der Waals surface area contributed by atoms with Gasteiger partial charge in [0.25, 0.3) is 0 Å². The van der Waals surface area contributed by atoms with Crippen molar-refractivity contribution < 1.29 is 4.52 Å². The van der Waals surface area contributed by atoms with Crippen LogP contribution in [0.4, 0.5) is 0 Å². The van der Waals surface area contributed by atoms with Gasteiger partial charge in [0.2, 0.25) is 5.89 Å². The summed E-state index contributed by atoms with van der Waals surface area (Å²) in [6.45, 7) is 2.04. The molecule has 7 heteroatoms. The van der Waals surface area contributed by atoms with Gasteiger partial charge in [-0.05, 0) is 30.9 Å². The van der Waals surface area contributed by atoms with E-state index in [2.05, 4.69) is 44.2 Å². The maximum atomic E-state index is 5.66. The normalized spacial score (nSPS) is 14.8. The van der Waals surface area contributed by atoms with E-state index in [1.165, 1.54) is 32.1 Å². The Balaban J connectivity index is 1.36. The van der Waals surface area contributed by atoms with Crippen molar-refractivity contribution in [1.82, 2.24) is 24.9 Å². The molecule has 0 N–H and O–H groups in total. The van der Waals surface area contributed by atoms with Crippen LogP contribution in [0.1, 0.15) is 72.7 Å². The number of thioether (sulfide) groups is 1. The molecule has 2 aromatic carbocycles. The van der Waals surface area contributed by atoms with Crippen LogP contribution in [0.15, 0.2) is 70.3 Å². The van der Waals surface area contributed by atoms with Crippen LogP contribution < -0.4 is 0 Å². The van der Waals surface area contributed by atoms with Crippen molar-refractivity contribution in [2.45, 2.75) is 61.9 Å². The second-order valence-corrected chi connectivity index (χ2v) is 9.22. The van der Waals surface area contributed by atoms with E-state index in [9.17, 15) is 0 Å². The van der Waals surface area contributed by atoms with Gasteiger partial charge in [-0.25, -0.2) is 0 Å². The molecule has 6 nitrogen and oxygen atoms in total. The smallest absolute Gasteiger partial charge is 0.237 e. The van der Waals surface area contributed by atoms with Gasteiger partial charge in [-0.15, -0.1) is 10.2 Å². The fraction of sp³-hybridized carbons (Fsp3) is 0.360. The zero-order valence-electron chi connectivity index (χ0n) is 18.2. The van der Waals surface area contributed by atoms with Crippen molar-refractivity contribution in [1.29, 1.82) is 0 Å². The molecule has 0 aliphatic heterocycles. The van der Waals surface area contributed by atoms with Crippen LogP contribution in [-0.4, -0.2) is 24.9 Å². The molecule has 1 aliphatic rings. The third-order valence-electron chi connectivity index (χ3n) is 6.11. The molecule has 5 rings (SSSR count). The summed E-state index contributed by atoms with van der Waals surface area (Å²) in [5, 5.41) is 14.1. The molecule has 1 fully saturated rings. The molecule has 0 saturated heterocycles. The first-order chi connectivity index (χ1) is 15.8. The lowest BCUT2D eigenvalue weighted by Crippen LogP contribution is -2.15. The molecule has 0 spiro atoms. The highest BCUT2D eigenvalue weighted by Crippen LogP contribution is 2.34. The van der Waals surface area contributed by atoms with Crippen LogP contribution in [0.5, 0.6) is 0 Å². The molecule has 32 heavy (non-hydrogen) atoms. The van der Waals surface area contributed by atoms with Gasteiger partial charge in [0, 0.05) is 6.04 Å². The Labute approximate surface area is 192 Å². The second kappa shape index (κ2) is 9.69. The summed E-state index contributed by atoms with van der Waals surface area (Å²) in [7, 11) is 0. The number of hydrogen-bond donors (Lipinski definition) is 0. The fourth-order valence-corrected chi connectivity index (χ4v) is 5.45. The quantitative estimate of drug-likeness (QED) is 0.328. The molecule has 0 atom stereocenters. The summed E-state index contributed by atoms with van der Waals surface area (Å²) < 4.78 is 7.97. The van der Waals surface area contributed by atoms with Gasteiger partial charge in [0.15, 0.2) is 11.0 Å². The molecule has 0 radical (unpaired) electrons. The number of nitrogens with zero attached hydrogens (tertiary/aromatic N) is 5. The summed E-state index contributed by atoms with van der Waals surface area (Å²) in [5.74, 6) is 2.79. The van der Waals surface area contributed by atoms with Crippen LogP contribution in [0.3, 0.4) is 0 Å². The predicted molar refractivity (Wildman–Crippen MR) is 125 cm³/mol. The van der Waals surface area contributed by atoms with E-state index < -0.39 is 0 Å². The molecule has 1 saturated carbocycles. The Morgan fingerprint density at radius 3 is 2.25 bits per heavy atom. The summed E-state index contributed by atoms with van der Waals surface area (Å²) >= 11 is 1.62. The van der Waals surface area contributed by atoms with Gasteiger partial charge in [0.05, 0.1) is 11.7 Å². The maximum absolute atomic E-state index is 5.66. The monoisotopic (exact) mass is 445 g/mol. The molecule has 1 aliphatic carbocycles. The second-order valence-electron chi connectivity index (χ2n) is 8.28. The van der Waals surface area contributed by atoms with E-state index in [-0.39, 0.29) is 5.92 Å². The highest BCUT2D eigenvalue weighted by atomic mass is 32.2. The van der Waals surface area contributed by atoms with Gasteiger partial charge in [0.1, 0.15) is 5.82 Å². The Bertz CT molecular complexity index is 1100. The van der Waals surface area contributed by atoms with Gasteiger partial charge in [-0.3, -0.25) is 0 Å². The van der Waals surface area contributed by atoms with Crippen molar-refractivity contribution in [2.75, 3.05) is 0 Å². The third-order valence-corrected chi connectivity index (χ3v) is 7.04. The average Bonchev–Trinajstić information content (AvgIpc) is 3.46. The van der Waals surface area contributed by atoms with Crippen LogP contribution >= 0.6 is 11.8 Å². The zero-order valence-corrected chi connectivity index (χ0v) is 19.0. The molecule has 0 amide bonds. The Hall–Kier alpha value is -2.93. The minimum Gasteiger partial charge on any atom is -0.338 e. The van der Waals surface area contributed by atoms with Gasteiger partial charge < -0.3 is 9.09 Å². The molecule has 4 aromatic rings. The molecular weight excluding hydrogens is 418 g/mol. The van der Waals surface area contributed by atoms with E-state index in [1.54, 1.807) is 11.8 Å². The number of hydrogen-bond acceptors (Lipinski definition) is 6. The molecule has 2 heterocycles. The van der Waals surface area contributed by atoms with Crippen molar-refractivity contribution in [2.24, 2.45) is 0 Å². The van der Waals surface area contributed by atoms with Gasteiger partial charge in [-0.2, -0.15) is 4.98 Å². The number of aromatic nitrogens is 5. The molecule has 0 unspecified atom stereocenters. The van der Waals surface area contributed by atoms with Crippen LogP contribution in [-0.2, 0) is 5.75 Å². The highest BCUT2D eigenvalue weighted by Gasteiger charge is 2.24. The number of benzene rings is 2. The minimum atomic E-state index is -0.0620. The Kier molecular flexibility index (Phi) is 6.34.